The van der Waals surface area contributed by atoms with Crippen LogP contribution in [0, 0.1) is 0 Å². The molecule has 0 aromatic carbocycles. The molecule has 0 aliphatic carbocycles. The van der Waals surface area contributed by atoms with Crippen molar-refractivity contribution >= 4 is 11.6 Å². The Balaban J connectivity index is 1.96. The molecule has 1 saturated heterocycles. The van der Waals surface area contributed by atoms with Gasteiger partial charge in [0.1, 0.15) is 6.54 Å². The third kappa shape index (κ3) is 2.33. The monoisotopic (exact) mass is 224 g/mol. The molecule has 1 aliphatic rings. The number of amides is 1. The van der Waals surface area contributed by atoms with Crippen molar-refractivity contribution in [1.82, 2.24) is 14.7 Å². The number of nitrogens with two attached hydrogens (primary N) is 1. The number of aromatic nitrogens is 2. The van der Waals surface area contributed by atoms with Gasteiger partial charge in [-0.05, 0) is 6.92 Å². The fourth-order valence-corrected chi connectivity index (χ4v) is 1.79. The maximum Gasteiger partial charge on any atom is 0.244 e. The molecule has 1 amide bonds. The summed E-state index contributed by atoms with van der Waals surface area (Å²) in [4.78, 5) is 13.8. The first-order chi connectivity index (χ1) is 7.66. The van der Waals surface area contributed by atoms with Gasteiger partial charge in [0.15, 0.2) is 0 Å². The molecule has 1 atom stereocenters. The van der Waals surface area contributed by atoms with Crippen LogP contribution in [0.1, 0.15) is 6.92 Å². The fourth-order valence-electron chi connectivity index (χ4n) is 1.79. The molecule has 6 heteroatoms. The van der Waals surface area contributed by atoms with Crippen molar-refractivity contribution in [3.63, 3.8) is 0 Å². The number of morpholine rings is 1. The zero-order chi connectivity index (χ0) is 11.5. The Bertz CT molecular complexity index is 377. The van der Waals surface area contributed by atoms with Crippen LogP contribution in [-0.4, -0.2) is 46.4 Å². The van der Waals surface area contributed by atoms with E-state index in [9.17, 15) is 4.79 Å². The summed E-state index contributed by atoms with van der Waals surface area (Å²) in [5, 5.41) is 3.99. The largest absolute Gasteiger partial charge is 0.396 e. The summed E-state index contributed by atoms with van der Waals surface area (Å²) >= 11 is 0. The first kappa shape index (κ1) is 10.9. The molecule has 1 fully saturated rings. The van der Waals surface area contributed by atoms with Crippen LogP contribution < -0.4 is 5.73 Å². The smallest absolute Gasteiger partial charge is 0.244 e. The summed E-state index contributed by atoms with van der Waals surface area (Å²) in [6, 6.07) is 0.133. The number of hydrogen-bond donors (Lipinski definition) is 1. The van der Waals surface area contributed by atoms with Gasteiger partial charge < -0.3 is 15.4 Å². The maximum atomic E-state index is 12.0. The van der Waals surface area contributed by atoms with Crippen LogP contribution in [-0.2, 0) is 16.1 Å². The number of nitrogen functional groups attached to an aromatic ring is 1. The van der Waals surface area contributed by atoms with Gasteiger partial charge in [-0.2, -0.15) is 5.10 Å². The topological polar surface area (TPSA) is 73.4 Å². The molecule has 2 heterocycles. The Kier molecular flexibility index (Phi) is 3.09. The number of ether oxygens (including phenoxy) is 1. The van der Waals surface area contributed by atoms with E-state index in [1.54, 1.807) is 10.9 Å². The molecule has 0 saturated carbocycles. The lowest BCUT2D eigenvalue weighted by Crippen LogP contribution is -2.48. The van der Waals surface area contributed by atoms with Gasteiger partial charge in [0.05, 0.1) is 31.1 Å². The standard InChI is InChI=1S/C10H16N4O2/c1-8-7-16-3-2-14(8)10(15)6-13-5-9(11)4-12-13/h4-5,8H,2-3,6-7,11H2,1H3. The Morgan fingerprint density at radius 2 is 2.56 bits per heavy atom. The van der Waals surface area contributed by atoms with Gasteiger partial charge in [-0.3, -0.25) is 9.48 Å². The van der Waals surface area contributed by atoms with Crippen molar-refractivity contribution in [2.45, 2.75) is 19.5 Å². The van der Waals surface area contributed by atoms with Gasteiger partial charge in [-0.15, -0.1) is 0 Å². The molecule has 1 aliphatic heterocycles. The Morgan fingerprint density at radius 3 is 3.19 bits per heavy atom. The lowest BCUT2D eigenvalue weighted by molar-refractivity contribution is -0.139. The molecule has 88 valence electrons. The van der Waals surface area contributed by atoms with Gasteiger partial charge in [0.25, 0.3) is 0 Å². The Hall–Kier alpha value is -1.56. The second-order valence-electron chi connectivity index (χ2n) is 3.98. The lowest BCUT2D eigenvalue weighted by atomic mass is 10.2. The average molecular weight is 224 g/mol. The third-order valence-corrected chi connectivity index (χ3v) is 2.64. The highest BCUT2D eigenvalue weighted by Gasteiger charge is 2.23. The highest BCUT2D eigenvalue weighted by atomic mass is 16.5. The van der Waals surface area contributed by atoms with Gasteiger partial charge in [0, 0.05) is 12.7 Å². The second-order valence-corrected chi connectivity index (χ2v) is 3.98. The molecule has 2 N–H and O–H groups in total. The van der Waals surface area contributed by atoms with Crippen molar-refractivity contribution in [2.24, 2.45) is 0 Å². The summed E-state index contributed by atoms with van der Waals surface area (Å²) in [6.45, 7) is 4.08. The van der Waals surface area contributed by atoms with E-state index in [-0.39, 0.29) is 18.5 Å². The molecular formula is C10H16N4O2. The minimum atomic E-state index is 0.0545. The van der Waals surface area contributed by atoms with Crippen molar-refractivity contribution < 1.29 is 9.53 Å². The minimum Gasteiger partial charge on any atom is -0.396 e. The SMILES string of the molecule is CC1COCCN1C(=O)Cn1cc(N)cn1. The molecule has 1 unspecified atom stereocenters. The molecule has 0 bridgehead atoms. The zero-order valence-electron chi connectivity index (χ0n) is 9.30. The quantitative estimate of drug-likeness (QED) is 0.749. The molecule has 6 nitrogen and oxygen atoms in total. The molecule has 0 radical (unpaired) electrons. The summed E-state index contributed by atoms with van der Waals surface area (Å²) in [5.74, 6) is 0.0545. The predicted octanol–water partition coefficient (Wildman–Crippen LogP) is -0.287. The van der Waals surface area contributed by atoms with Crippen LogP contribution in [0.4, 0.5) is 5.69 Å². The van der Waals surface area contributed by atoms with E-state index in [0.29, 0.717) is 25.4 Å². The highest BCUT2D eigenvalue weighted by Crippen LogP contribution is 2.07. The molecule has 0 spiro atoms. The van der Waals surface area contributed by atoms with Crippen molar-refractivity contribution in [3.8, 4) is 0 Å². The average Bonchev–Trinajstić information content (AvgIpc) is 2.64. The molecule has 16 heavy (non-hydrogen) atoms. The summed E-state index contributed by atoms with van der Waals surface area (Å²) in [5.41, 5.74) is 6.10. The summed E-state index contributed by atoms with van der Waals surface area (Å²) < 4.78 is 6.84. The van der Waals surface area contributed by atoms with E-state index in [1.807, 2.05) is 11.8 Å². The van der Waals surface area contributed by atoms with Crippen LogP contribution in [0.3, 0.4) is 0 Å². The first-order valence-electron chi connectivity index (χ1n) is 5.32. The van der Waals surface area contributed by atoms with Gasteiger partial charge in [-0.1, -0.05) is 0 Å². The van der Waals surface area contributed by atoms with E-state index in [0.717, 1.165) is 0 Å². The zero-order valence-corrected chi connectivity index (χ0v) is 9.30. The minimum absolute atomic E-state index is 0.0545. The van der Waals surface area contributed by atoms with Crippen molar-refractivity contribution in [1.29, 1.82) is 0 Å². The number of hydrogen-bond acceptors (Lipinski definition) is 4. The maximum absolute atomic E-state index is 12.0. The number of anilines is 1. The van der Waals surface area contributed by atoms with Crippen LogP contribution in [0.15, 0.2) is 12.4 Å². The van der Waals surface area contributed by atoms with Crippen molar-refractivity contribution in [2.75, 3.05) is 25.5 Å². The van der Waals surface area contributed by atoms with E-state index < -0.39 is 0 Å². The lowest BCUT2D eigenvalue weighted by Gasteiger charge is -2.33. The van der Waals surface area contributed by atoms with Crippen LogP contribution in [0.5, 0.6) is 0 Å². The molecule has 1 aromatic rings. The third-order valence-electron chi connectivity index (χ3n) is 2.64. The molecule has 2 rings (SSSR count). The van der Waals surface area contributed by atoms with Crippen LogP contribution >= 0.6 is 0 Å². The summed E-state index contributed by atoms with van der Waals surface area (Å²) in [7, 11) is 0. The predicted molar refractivity (Wildman–Crippen MR) is 58.6 cm³/mol. The Labute approximate surface area is 94.0 Å². The number of nitrogens with zero attached hydrogens (tertiary/aromatic N) is 3. The van der Waals surface area contributed by atoms with Gasteiger partial charge in [0.2, 0.25) is 5.91 Å². The number of carbonyl (C=O) groups excluding carboxylic acids is 1. The second kappa shape index (κ2) is 4.52. The van der Waals surface area contributed by atoms with Gasteiger partial charge >= 0.3 is 0 Å². The van der Waals surface area contributed by atoms with Crippen LogP contribution in [0.2, 0.25) is 0 Å². The number of rotatable bonds is 2. The molecular weight excluding hydrogens is 208 g/mol. The van der Waals surface area contributed by atoms with E-state index in [1.165, 1.54) is 6.20 Å². The number of carbonyl (C=O) groups is 1. The highest BCUT2D eigenvalue weighted by molar-refractivity contribution is 5.76. The van der Waals surface area contributed by atoms with E-state index in [4.69, 9.17) is 10.5 Å². The van der Waals surface area contributed by atoms with Crippen LogP contribution in [0.25, 0.3) is 0 Å². The fraction of sp³-hybridized carbons (Fsp3) is 0.600. The molecule has 1 aromatic heterocycles. The van der Waals surface area contributed by atoms with Gasteiger partial charge in [-0.25, -0.2) is 0 Å². The van der Waals surface area contributed by atoms with E-state index >= 15 is 0 Å². The van der Waals surface area contributed by atoms with E-state index in [2.05, 4.69) is 5.10 Å². The Morgan fingerprint density at radius 1 is 1.75 bits per heavy atom. The summed E-state index contributed by atoms with van der Waals surface area (Å²) in [6.07, 6.45) is 3.19. The normalized spacial score (nSPS) is 21.1. The van der Waals surface area contributed by atoms with Crippen molar-refractivity contribution in [3.05, 3.63) is 12.4 Å². The first-order valence-corrected chi connectivity index (χ1v) is 5.32.